The Bertz CT molecular complexity index is 1800. The van der Waals surface area contributed by atoms with Crippen LogP contribution >= 0.6 is 0 Å². The van der Waals surface area contributed by atoms with E-state index in [1.165, 1.54) is 17.7 Å². The first-order chi connectivity index (χ1) is 20.0. The van der Waals surface area contributed by atoms with Gasteiger partial charge in [0, 0.05) is 29.8 Å². The molecule has 0 radical (unpaired) electrons. The molecule has 2 amide bonds. The van der Waals surface area contributed by atoms with E-state index in [1.54, 1.807) is 25.4 Å². The first kappa shape index (κ1) is 25.2. The van der Waals surface area contributed by atoms with Crippen LogP contribution in [0.5, 0.6) is 0 Å². The maximum atomic E-state index is 13.6. The van der Waals surface area contributed by atoms with Crippen LogP contribution < -0.4 is 10.6 Å². The van der Waals surface area contributed by atoms with E-state index >= 15 is 0 Å². The average Bonchev–Trinajstić information content (AvgIpc) is 3.95. The van der Waals surface area contributed by atoms with Gasteiger partial charge in [-0.05, 0) is 109 Å². The number of amides is 2. The molecule has 0 atom stereocenters. The zero-order valence-electron chi connectivity index (χ0n) is 22.5. The molecule has 0 saturated heterocycles. The van der Waals surface area contributed by atoms with Crippen LogP contribution in [0, 0.1) is 5.82 Å². The predicted molar refractivity (Wildman–Crippen MR) is 155 cm³/mol. The number of benzene rings is 3. The molecule has 2 fully saturated rings. The topological polar surface area (TPSA) is 84.2 Å². The highest BCUT2D eigenvalue weighted by Crippen LogP contribution is 2.47. The number of rotatable bonds is 7. The lowest BCUT2D eigenvalue weighted by Crippen LogP contribution is -2.35. The van der Waals surface area contributed by atoms with Crippen LogP contribution in [0.25, 0.3) is 33.4 Å². The number of pyridine rings is 1. The Labute approximate surface area is 236 Å². The summed E-state index contributed by atoms with van der Waals surface area (Å²) in [6, 6.07) is 23.4. The highest BCUT2D eigenvalue weighted by molar-refractivity contribution is 6.12. The van der Waals surface area contributed by atoms with Crippen LogP contribution in [-0.2, 0) is 5.54 Å². The summed E-state index contributed by atoms with van der Waals surface area (Å²) in [5.74, 6) is 0.0403. The van der Waals surface area contributed by atoms with Crippen molar-refractivity contribution in [2.24, 2.45) is 0 Å². The van der Waals surface area contributed by atoms with Gasteiger partial charge >= 0.3 is 0 Å². The minimum Gasteiger partial charge on any atom is -0.455 e. The number of nitrogens with one attached hydrogen (secondary N) is 2. The summed E-state index contributed by atoms with van der Waals surface area (Å²) in [4.78, 5) is 31.1. The number of furan rings is 1. The largest absolute Gasteiger partial charge is 0.455 e. The molecule has 2 saturated carbocycles. The molecule has 5 aromatic rings. The van der Waals surface area contributed by atoms with Crippen LogP contribution in [0.15, 0.2) is 89.5 Å². The van der Waals surface area contributed by atoms with E-state index in [9.17, 15) is 14.0 Å². The third-order valence-electron chi connectivity index (χ3n) is 8.15. The lowest BCUT2D eigenvalue weighted by Gasteiger charge is -2.18. The van der Waals surface area contributed by atoms with E-state index in [-0.39, 0.29) is 17.6 Å². The third-order valence-corrected chi connectivity index (χ3v) is 8.15. The zero-order chi connectivity index (χ0) is 28.1. The molecule has 2 aliphatic rings. The number of carbonyl (C=O) groups is 2. The number of fused-ring (bicyclic) bond motifs is 1. The summed E-state index contributed by atoms with van der Waals surface area (Å²) in [6.45, 7) is 0. The highest BCUT2D eigenvalue weighted by Gasteiger charge is 2.47. The Kier molecular flexibility index (Phi) is 5.96. The fraction of sp³-hybridized carbons (Fsp3) is 0.206. The summed E-state index contributed by atoms with van der Waals surface area (Å²) in [5.41, 5.74) is 5.67. The van der Waals surface area contributed by atoms with Gasteiger partial charge in [0.1, 0.15) is 17.2 Å². The van der Waals surface area contributed by atoms with Gasteiger partial charge in [0.05, 0.1) is 16.8 Å². The molecule has 3 aromatic carbocycles. The van der Waals surface area contributed by atoms with Gasteiger partial charge in [0.25, 0.3) is 11.8 Å². The second-order valence-corrected chi connectivity index (χ2v) is 10.9. The molecular formula is C34H28FN3O3. The monoisotopic (exact) mass is 545 g/mol. The molecule has 0 unspecified atom stereocenters. The summed E-state index contributed by atoms with van der Waals surface area (Å²) in [7, 11) is 1.57. The lowest BCUT2D eigenvalue weighted by molar-refractivity contribution is 0.0928. The van der Waals surface area contributed by atoms with Crippen molar-refractivity contribution in [3.8, 4) is 22.5 Å². The second-order valence-electron chi connectivity index (χ2n) is 10.9. The summed E-state index contributed by atoms with van der Waals surface area (Å²) in [6.07, 6.45) is 5.68. The van der Waals surface area contributed by atoms with Crippen LogP contribution in [0.2, 0.25) is 0 Å². The first-order valence-electron chi connectivity index (χ1n) is 13.9. The van der Waals surface area contributed by atoms with Crippen molar-refractivity contribution < 1.29 is 18.4 Å². The summed E-state index contributed by atoms with van der Waals surface area (Å²) >= 11 is 0. The first-order valence-corrected chi connectivity index (χ1v) is 13.9. The zero-order valence-corrected chi connectivity index (χ0v) is 22.5. The van der Waals surface area contributed by atoms with Crippen molar-refractivity contribution in [2.75, 3.05) is 7.05 Å². The van der Waals surface area contributed by atoms with Gasteiger partial charge in [-0.3, -0.25) is 14.6 Å². The fourth-order valence-electron chi connectivity index (χ4n) is 5.62. The predicted octanol–water partition coefficient (Wildman–Crippen LogP) is 6.96. The van der Waals surface area contributed by atoms with Crippen molar-refractivity contribution in [3.05, 3.63) is 113 Å². The highest BCUT2D eigenvalue weighted by atomic mass is 19.1. The number of hydrogen-bond acceptors (Lipinski definition) is 4. The normalized spacial score (nSPS) is 15.5. The Morgan fingerprint density at radius 2 is 1.71 bits per heavy atom. The van der Waals surface area contributed by atoms with E-state index in [0.717, 1.165) is 42.5 Å². The Balaban J connectivity index is 1.30. The van der Waals surface area contributed by atoms with Crippen molar-refractivity contribution in [1.29, 1.82) is 0 Å². The van der Waals surface area contributed by atoms with Gasteiger partial charge < -0.3 is 15.1 Å². The quantitative estimate of drug-likeness (QED) is 0.232. The molecule has 0 aliphatic heterocycles. The Hall–Kier alpha value is -4.78. The number of aromatic nitrogens is 1. The Morgan fingerprint density at radius 3 is 2.39 bits per heavy atom. The molecule has 2 aliphatic carbocycles. The minimum absolute atomic E-state index is 0.134. The minimum atomic E-state index is -0.414. The van der Waals surface area contributed by atoms with Gasteiger partial charge in [-0.1, -0.05) is 18.2 Å². The summed E-state index contributed by atoms with van der Waals surface area (Å²) < 4.78 is 19.8. The molecule has 7 heteroatoms. The maximum Gasteiger partial charge on any atom is 0.255 e. The Morgan fingerprint density at radius 1 is 0.927 bits per heavy atom. The van der Waals surface area contributed by atoms with Crippen molar-refractivity contribution in [2.45, 2.75) is 37.1 Å². The number of hydrogen-bond donors (Lipinski definition) is 2. The number of nitrogens with zero attached hydrogens (tertiary/aromatic N) is 1. The van der Waals surface area contributed by atoms with E-state index in [1.807, 2.05) is 48.5 Å². The van der Waals surface area contributed by atoms with Gasteiger partial charge in [0.15, 0.2) is 0 Å². The number of carbonyl (C=O) groups excluding carboxylic acids is 2. The van der Waals surface area contributed by atoms with Gasteiger partial charge in [-0.25, -0.2) is 4.39 Å². The van der Waals surface area contributed by atoms with Crippen LogP contribution in [0.4, 0.5) is 4.39 Å². The van der Waals surface area contributed by atoms with Crippen LogP contribution in [0.1, 0.15) is 63.6 Å². The lowest BCUT2D eigenvalue weighted by atomic mass is 9.93. The summed E-state index contributed by atoms with van der Waals surface area (Å²) in [5, 5.41) is 6.60. The molecule has 7 rings (SSSR count). The average molecular weight is 546 g/mol. The van der Waals surface area contributed by atoms with Crippen LogP contribution in [-0.4, -0.2) is 23.8 Å². The molecule has 204 valence electrons. The fourth-order valence-corrected chi connectivity index (χ4v) is 5.62. The molecular weight excluding hydrogens is 517 g/mol. The number of halogens is 1. The van der Waals surface area contributed by atoms with Crippen molar-refractivity contribution in [3.63, 3.8) is 0 Å². The van der Waals surface area contributed by atoms with E-state index in [4.69, 9.17) is 4.42 Å². The van der Waals surface area contributed by atoms with Gasteiger partial charge in [0.2, 0.25) is 0 Å². The molecule has 2 aromatic heterocycles. The van der Waals surface area contributed by atoms with E-state index in [2.05, 4.69) is 21.7 Å². The molecule has 0 bridgehead atoms. The molecule has 41 heavy (non-hydrogen) atoms. The van der Waals surface area contributed by atoms with Crippen molar-refractivity contribution in [1.82, 2.24) is 15.6 Å². The molecule has 2 heterocycles. The SMILES string of the molecule is CNC(=O)c1c(-c2ccc(F)cc2)oc2ccc(-c3cc(C(=O)NC4(c5ccccn5)CC4)ccc3C3CC3)cc12. The van der Waals surface area contributed by atoms with Gasteiger partial charge in [-0.2, -0.15) is 0 Å². The van der Waals surface area contributed by atoms with Crippen LogP contribution in [0.3, 0.4) is 0 Å². The second kappa shape index (κ2) is 9.70. The molecule has 6 nitrogen and oxygen atoms in total. The van der Waals surface area contributed by atoms with E-state index in [0.29, 0.717) is 39.3 Å². The van der Waals surface area contributed by atoms with Crippen molar-refractivity contribution >= 4 is 22.8 Å². The standard InChI is InChI=1S/C34H28FN3O3/c1-36-33(40)30-27-18-22(10-14-28(27)41-31(30)21-7-11-24(35)12-8-21)26-19-23(9-13-25(26)20-5-6-20)32(39)38-34(15-16-34)29-4-2-3-17-37-29/h2-4,7-14,17-20H,5-6,15-16H2,1H3,(H,36,40)(H,38,39). The molecule has 2 N–H and O–H groups in total. The van der Waals surface area contributed by atoms with E-state index < -0.39 is 5.54 Å². The third kappa shape index (κ3) is 4.57. The molecule has 0 spiro atoms. The van der Waals surface area contributed by atoms with Gasteiger partial charge in [-0.15, -0.1) is 0 Å². The smallest absolute Gasteiger partial charge is 0.255 e. The maximum absolute atomic E-state index is 13.6.